The topological polar surface area (TPSA) is 25.8 Å². The molecule has 0 unspecified atom stereocenters. The Morgan fingerprint density at radius 2 is 2.13 bits per heavy atom. The van der Waals surface area contributed by atoms with Gasteiger partial charge in [-0.05, 0) is 17.7 Å². The van der Waals surface area contributed by atoms with E-state index in [0.29, 0.717) is 10.4 Å². The van der Waals surface area contributed by atoms with Crippen molar-refractivity contribution in [2.24, 2.45) is 0 Å². The summed E-state index contributed by atoms with van der Waals surface area (Å²) in [5, 5.41) is 1.16. The summed E-state index contributed by atoms with van der Waals surface area (Å²) < 4.78 is 0. The summed E-state index contributed by atoms with van der Waals surface area (Å²) in [4.78, 5) is 8.70. The van der Waals surface area contributed by atoms with Crippen LogP contribution in [0.15, 0.2) is 6.07 Å². The number of thioether (sulfide) groups is 1. The fourth-order valence-electron chi connectivity index (χ4n) is 1.21. The van der Waals surface area contributed by atoms with E-state index in [1.807, 2.05) is 17.8 Å². The van der Waals surface area contributed by atoms with Crippen LogP contribution in [0, 0.1) is 0 Å². The molecule has 15 heavy (non-hydrogen) atoms. The SMILES string of the molecule is CCCc1cc(Cl)nc(CSC(C)C)n1. The number of rotatable bonds is 5. The lowest BCUT2D eigenvalue weighted by Crippen LogP contribution is -2.00. The molecular weight excluding hydrogens is 228 g/mol. The summed E-state index contributed by atoms with van der Waals surface area (Å²) in [5.41, 5.74) is 1.05. The molecule has 1 rings (SSSR count). The van der Waals surface area contributed by atoms with Crippen molar-refractivity contribution < 1.29 is 0 Å². The molecular formula is C11H17ClN2S. The summed E-state index contributed by atoms with van der Waals surface area (Å²) in [6, 6.07) is 1.86. The van der Waals surface area contributed by atoms with Gasteiger partial charge in [-0.3, -0.25) is 0 Å². The lowest BCUT2D eigenvalue weighted by Gasteiger charge is -2.06. The Morgan fingerprint density at radius 1 is 1.40 bits per heavy atom. The van der Waals surface area contributed by atoms with Crippen LogP contribution < -0.4 is 0 Å². The third-order valence-electron chi connectivity index (χ3n) is 1.85. The molecule has 0 spiro atoms. The van der Waals surface area contributed by atoms with E-state index in [1.54, 1.807) is 0 Å². The van der Waals surface area contributed by atoms with Crippen LogP contribution in [0.5, 0.6) is 0 Å². The first kappa shape index (κ1) is 12.8. The van der Waals surface area contributed by atoms with Gasteiger partial charge in [0.25, 0.3) is 0 Å². The van der Waals surface area contributed by atoms with Gasteiger partial charge < -0.3 is 0 Å². The molecule has 0 amide bonds. The fraction of sp³-hybridized carbons (Fsp3) is 0.636. The summed E-state index contributed by atoms with van der Waals surface area (Å²) in [7, 11) is 0. The lowest BCUT2D eigenvalue weighted by molar-refractivity contribution is 0.853. The van der Waals surface area contributed by atoms with E-state index in [0.717, 1.165) is 30.1 Å². The molecule has 0 radical (unpaired) electrons. The molecule has 0 aliphatic heterocycles. The molecule has 0 saturated carbocycles. The Kier molecular flexibility index (Phi) is 5.40. The first-order chi connectivity index (χ1) is 7.11. The number of hydrogen-bond donors (Lipinski definition) is 0. The van der Waals surface area contributed by atoms with Crippen molar-refractivity contribution in [3.8, 4) is 0 Å². The average Bonchev–Trinajstić information content (AvgIpc) is 2.14. The molecule has 0 aliphatic carbocycles. The summed E-state index contributed by atoms with van der Waals surface area (Å²) in [5.74, 6) is 1.69. The molecule has 0 atom stereocenters. The number of aryl methyl sites for hydroxylation is 1. The average molecular weight is 245 g/mol. The Labute approximate surface area is 101 Å². The van der Waals surface area contributed by atoms with E-state index in [4.69, 9.17) is 11.6 Å². The molecule has 0 saturated heterocycles. The van der Waals surface area contributed by atoms with Crippen LogP contribution >= 0.6 is 23.4 Å². The molecule has 4 heteroatoms. The molecule has 1 aromatic rings. The van der Waals surface area contributed by atoms with Crippen molar-refractivity contribution in [3.05, 3.63) is 22.7 Å². The van der Waals surface area contributed by atoms with Crippen LogP contribution in [-0.2, 0) is 12.2 Å². The Balaban J connectivity index is 2.70. The zero-order valence-corrected chi connectivity index (χ0v) is 11.0. The molecule has 0 bridgehead atoms. The van der Waals surface area contributed by atoms with Crippen LogP contribution in [0.25, 0.3) is 0 Å². The summed E-state index contributed by atoms with van der Waals surface area (Å²) >= 11 is 7.78. The van der Waals surface area contributed by atoms with E-state index < -0.39 is 0 Å². The molecule has 2 nitrogen and oxygen atoms in total. The maximum Gasteiger partial charge on any atom is 0.140 e. The highest BCUT2D eigenvalue weighted by Gasteiger charge is 2.04. The second-order valence-electron chi connectivity index (χ2n) is 3.71. The quantitative estimate of drug-likeness (QED) is 0.739. The molecule has 1 aromatic heterocycles. The van der Waals surface area contributed by atoms with E-state index >= 15 is 0 Å². The van der Waals surface area contributed by atoms with Gasteiger partial charge in [-0.1, -0.05) is 38.8 Å². The monoisotopic (exact) mass is 244 g/mol. The smallest absolute Gasteiger partial charge is 0.140 e. The normalized spacial score (nSPS) is 11.0. The first-order valence-corrected chi connectivity index (χ1v) is 6.68. The maximum absolute atomic E-state index is 5.94. The Bertz CT molecular complexity index is 315. The highest BCUT2D eigenvalue weighted by Crippen LogP contribution is 2.17. The van der Waals surface area contributed by atoms with E-state index in [1.165, 1.54) is 0 Å². The Hall–Kier alpha value is -0.280. The third-order valence-corrected chi connectivity index (χ3v) is 3.13. The van der Waals surface area contributed by atoms with Crippen LogP contribution in [0.3, 0.4) is 0 Å². The fourth-order valence-corrected chi connectivity index (χ4v) is 2.04. The van der Waals surface area contributed by atoms with E-state index in [9.17, 15) is 0 Å². The zero-order chi connectivity index (χ0) is 11.3. The van der Waals surface area contributed by atoms with Crippen molar-refractivity contribution >= 4 is 23.4 Å². The minimum atomic E-state index is 0.563. The Morgan fingerprint density at radius 3 is 2.73 bits per heavy atom. The highest BCUT2D eigenvalue weighted by atomic mass is 35.5. The van der Waals surface area contributed by atoms with Crippen molar-refractivity contribution in [1.82, 2.24) is 9.97 Å². The first-order valence-electron chi connectivity index (χ1n) is 5.25. The van der Waals surface area contributed by atoms with Gasteiger partial charge in [0.05, 0.1) is 5.75 Å². The van der Waals surface area contributed by atoms with Gasteiger partial charge in [-0.15, -0.1) is 0 Å². The standard InChI is InChI=1S/C11H17ClN2S/c1-4-5-9-6-10(12)14-11(13-9)7-15-8(2)3/h6,8H,4-5,7H2,1-3H3. The number of nitrogens with zero attached hydrogens (tertiary/aromatic N) is 2. The molecule has 0 aliphatic rings. The van der Waals surface area contributed by atoms with Gasteiger partial charge in [0.1, 0.15) is 11.0 Å². The zero-order valence-electron chi connectivity index (χ0n) is 9.46. The second-order valence-corrected chi connectivity index (χ2v) is 5.66. The van der Waals surface area contributed by atoms with E-state index in [2.05, 4.69) is 30.7 Å². The van der Waals surface area contributed by atoms with Gasteiger partial charge in [-0.2, -0.15) is 11.8 Å². The van der Waals surface area contributed by atoms with Gasteiger partial charge in [0, 0.05) is 5.69 Å². The van der Waals surface area contributed by atoms with Crippen molar-refractivity contribution in [3.63, 3.8) is 0 Å². The number of hydrogen-bond acceptors (Lipinski definition) is 3. The third kappa shape index (κ3) is 4.85. The second kappa shape index (κ2) is 6.33. The highest BCUT2D eigenvalue weighted by molar-refractivity contribution is 7.99. The van der Waals surface area contributed by atoms with Crippen LogP contribution in [0.2, 0.25) is 5.15 Å². The van der Waals surface area contributed by atoms with Gasteiger partial charge in [0.2, 0.25) is 0 Å². The van der Waals surface area contributed by atoms with Crippen LogP contribution in [-0.4, -0.2) is 15.2 Å². The molecule has 0 N–H and O–H groups in total. The van der Waals surface area contributed by atoms with Crippen molar-refractivity contribution in [2.45, 2.75) is 44.6 Å². The predicted molar refractivity (Wildman–Crippen MR) is 67.5 cm³/mol. The molecule has 84 valence electrons. The molecule has 0 fully saturated rings. The van der Waals surface area contributed by atoms with Gasteiger partial charge >= 0.3 is 0 Å². The number of halogens is 1. The summed E-state index contributed by atoms with van der Waals surface area (Å²) in [6.07, 6.45) is 2.06. The van der Waals surface area contributed by atoms with Gasteiger partial charge in [-0.25, -0.2) is 9.97 Å². The number of aromatic nitrogens is 2. The maximum atomic E-state index is 5.94. The minimum Gasteiger partial charge on any atom is -0.237 e. The molecule has 1 heterocycles. The largest absolute Gasteiger partial charge is 0.237 e. The minimum absolute atomic E-state index is 0.563. The van der Waals surface area contributed by atoms with E-state index in [-0.39, 0.29) is 0 Å². The lowest BCUT2D eigenvalue weighted by atomic mass is 10.2. The van der Waals surface area contributed by atoms with Gasteiger partial charge in [0.15, 0.2) is 0 Å². The van der Waals surface area contributed by atoms with Crippen LogP contribution in [0.1, 0.15) is 38.7 Å². The summed E-state index contributed by atoms with van der Waals surface area (Å²) in [6.45, 7) is 6.48. The predicted octanol–water partition coefficient (Wildman–Crippen LogP) is 3.72. The van der Waals surface area contributed by atoms with Crippen LogP contribution in [0.4, 0.5) is 0 Å². The molecule has 0 aromatic carbocycles. The van der Waals surface area contributed by atoms with Crippen molar-refractivity contribution in [2.75, 3.05) is 0 Å². The van der Waals surface area contributed by atoms with Crippen molar-refractivity contribution in [1.29, 1.82) is 0 Å².